The van der Waals surface area contributed by atoms with E-state index >= 15 is 0 Å². The number of carbonyl (C=O) groups excluding carboxylic acids is 1. The van der Waals surface area contributed by atoms with Crippen LogP contribution in [0.25, 0.3) is 5.69 Å². The highest BCUT2D eigenvalue weighted by Gasteiger charge is 2.31. The van der Waals surface area contributed by atoms with Gasteiger partial charge in [0.25, 0.3) is 5.56 Å². The van der Waals surface area contributed by atoms with Gasteiger partial charge in [-0.3, -0.25) is 9.59 Å². The van der Waals surface area contributed by atoms with Crippen LogP contribution in [0, 0.1) is 25.5 Å². The number of aromatic nitrogens is 2. The van der Waals surface area contributed by atoms with Crippen LogP contribution in [0.1, 0.15) is 22.3 Å². The molecule has 1 aromatic heterocycles. The number of benzene rings is 3. The largest absolute Gasteiger partial charge is 0.493 e. The third-order valence-electron chi connectivity index (χ3n) is 6.11. The molecule has 0 atom stereocenters. The molecule has 2 heterocycles. The lowest BCUT2D eigenvalue weighted by Crippen LogP contribution is -2.28. The number of methoxy groups -OCH3 is 1. The number of nitrogens with one attached hydrogen (secondary N) is 1. The van der Waals surface area contributed by atoms with Crippen LogP contribution in [0.5, 0.6) is 17.4 Å². The number of ether oxygens (including phenoxy) is 2. The number of hydrogen-bond acceptors (Lipinski definition) is 4. The van der Waals surface area contributed by atoms with E-state index in [0.717, 1.165) is 34.9 Å². The number of anilines is 1. The first-order chi connectivity index (χ1) is 17.3. The molecule has 184 valence electrons. The van der Waals surface area contributed by atoms with Crippen molar-refractivity contribution in [2.45, 2.75) is 26.8 Å². The Morgan fingerprint density at radius 2 is 1.92 bits per heavy atom. The van der Waals surface area contributed by atoms with Gasteiger partial charge in [0.2, 0.25) is 11.8 Å². The van der Waals surface area contributed by atoms with Gasteiger partial charge in [-0.05, 0) is 43.7 Å². The van der Waals surface area contributed by atoms with E-state index in [9.17, 15) is 18.4 Å². The maximum atomic E-state index is 14.1. The number of rotatable bonds is 5. The van der Waals surface area contributed by atoms with Crippen molar-refractivity contribution in [1.82, 2.24) is 9.36 Å². The third kappa shape index (κ3) is 4.02. The minimum absolute atomic E-state index is 0.187. The zero-order valence-corrected chi connectivity index (χ0v) is 19.9. The molecule has 0 unspecified atom stereocenters. The standard InChI is InChI=1S/C27H23F2N3O4/c1-15-7-10-22(16(2)11-15)32-26(34)19-12-17-5-4-6-23(35-3)25(17)36-27(19)31(32)14-24(33)30-21-13-18(28)8-9-20(21)29/h4-11,13H,12,14H2,1-3H3,(H,30,33). The van der Waals surface area contributed by atoms with Gasteiger partial charge < -0.3 is 14.8 Å². The highest BCUT2D eigenvalue weighted by molar-refractivity contribution is 5.90. The number of para-hydroxylation sites is 1. The molecule has 0 saturated heterocycles. The number of amides is 1. The minimum Gasteiger partial charge on any atom is -0.493 e. The van der Waals surface area contributed by atoms with Crippen LogP contribution in [0.15, 0.2) is 59.4 Å². The van der Waals surface area contributed by atoms with Crippen LogP contribution in [0.2, 0.25) is 0 Å². The van der Waals surface area contributed by atoms with Gasteiger partial charge in [0.15, 0.2) is 11.5 Å². The fraction of sp³-hybridized carbons (Fsp3) is 0.185. The van der Waals surface area contributed by atoms with Crippen molar-refractivity contribution in [3.8, 4) is 23.1 Å². The van der Waals surface area contributed by atoms with E-state index in [-0.39, 0.29) is 23.5 Å². The Bertz CT molecular complexity index is 1570. The summed E-state index contributed by atoms with van der Waals surface area (Å²) in [4.78, 5) is 26.7. The van der Waals surface area contributed by atoms with Crippen LogP contribution in [0.4, 0.5) is 14.5 Å². The van der Waals surface area contributed by atoms with Crippen molar-refractivity contribution in [3.05, 3.63) is 98.8 Å². The summed E-state index contributed by atoms with van der Waals surface area (Å²) in [6.07, 6.45) is 0.277. The molecule has 3 aromatic carbocycles. The topological polar surface area (TPSA) is 74.5 Å². The molecule has 0 bridgehead atoms. The van der Waals surface area contributed by atoms with Gasteiger partial charge in [0.05, 0.1) is 24.0 Å². The molecule has 1 amide bonds. The molecule has 0 fully saturated rings. The second kappa shape index (κ2) is 8.99. The second-order valence-electron chi connectivity index (χ2n) is 8.65. The first kappa shape index (κ1) is 23.3. The summed E-state index contributed by atoms with van der Waals surface area (Å²) in [7, 11) is 1.52. The Hall–Kier alpha value is -4.40. The van der Waals surface area contributed by atoms with Crippen molar-refractivity contribution >= 4 is 11.6 Å². The molecule has 0 spiro atoms. The average Bonchev–Trinajstić information content (AvgIpc) is 3.10. The summed E-state index contributed by atoms with van der Waals surface area (Å²) >= 11 is 0. The Kier molecular flexibility index (Phi) is 5.83. The van der Waals surface area contributed by atoms with Gasteiger partial charge in [-0.15, -0.1) is 0 Å². The quantitative estimate of drug-likeness (QED) is 0.380. The van der Waals surface area contributed by atoms with Crippen LogP contribution in [0.3, 0.4) is 0 Å². The number of fused-ring (bicyclic) bond motifs is 2. The van der Waals surface area contributed by atoms with Crippen LogP contribution in [-0.4, -0.2) is 22.4 Å². The number of aryl methyl sites for hydroxylation is 2. The molecule has 1 aliphatic rings. The lowest BCUT2D eigenvalue weighted by atomic mass is 10.0. The SMILES string of the molecule is COc1cccc2c1Oc1c(c(=O)n(-c3ccc(C)cc3C)n1CC(=O)Nc1cc(F)ccc1F)C2. The Morgan fingerprint density at radius 1 is 1.11 bits per heavy atom. The highest BCUT2D eigenvalue weighted by atomic mass is 19.1. The van der Waals surface area contributed by atoms with Crippen LogP contribution in [-0.2, 0) is 17.8 Å². The van der Waals surface area contributed by atoms with Gasteiger partial charge in [-0.1, -0.05) is 29.8 Å². The van der Waals surface area contributed by atoms with E-state index in [1.165, 1.54) is 16.5 Å². The maximum Gasteiger partial charge on any atom is 0.278 e. The van der Waals surface area contributed by atoms with Crippen molar-refractivity contribution < 1.29 is 23.0 Å². The Labute approximate surface area is 205 Å². The molecule has 5 rings (SSSR count). The van der Waals surface area contributed by atoms with Crippen molar-refractivity contribution in [3.63, 3.8) is 0 Å². The lowest BCUT2D eigenvalue weighted by molar-refractivity contribution is -0.117. The van der Waals surface area contributed by atoms with E-state index in [2.05, 4.69) is 5.32 Å². The van der Waals surface area contributed by atoms with Gasteiger partial charge >= 0.3 is 0 Å². The smallest absolute Gasteiger partial charge is 0.278 e. The van der Waals surface area contributed by atoms with Crippen molar-refractivity contribution in [2.24, 2.45) is 0 Å². The summed E-state index contributed by atoms with van der Waals surface area (Å²) in [6.45, 7) is 3.42. The van der Waals surface area contributed by atoms with Gasteiger partial charge in [-0.25, -0.2) is 18.1 Å². The summed E-state index contributed by atoms with van der Waals surface area (Å²) in [5, 5.41) is 2.39. The zero-order chi connectivity index (χ0) is 25.6. The van der Waals surface area contributed by atoms with Crippen LogP contribution < -0.4 is 20.3 Å². The van der Waals surface area contributed by atoms with E-state index in [4.69, 9.17) is 9.47 Å². The molecule has 0 saturated carbocycles. The van der Waals surface area contributed by atoms with Gasteiger partial charge in [-0.2, -0.15) is 0 Å². The molecule has 7 nitrogen and oxygen atoms in total. The zero-order valence-electron chi connectivity index (χ0n) is 19.9. The van der Waals surface area contributed by atoms with Crippen molar-refractivity contribution in [1.29, 1.82) is 0 Å². The fourth-order valence-corrected chi connectivity index (χ4v) is 4.45. The second-order valence-corrected chi connectivity index (χ2v) is 8.65. The van der Waals surface area contributed by atoms with Crippen molar-refractivity contribution in [2.75, 3.05) is 12.4 Å². The number of carbonyl (C=O) groups is 1. The summed E-state index contributed by atoms with van der Waals surface area (Å²) in [6, 6.07) is 13.8. The molecule has 1 aliphatic heterocycles. The maximum absolute atomic E-state index is 14.1. The minimum atomic E-state index is -0.777. The number of nitrogens with zero attached hydrogens (tertiary/aromatic N) is 2. The molecule has 0 aliphatic carbocycles. The average molecular weight is 491 g/mol. The molecule has 36 heavy (non-hydrogen) atoms. The molecule has 0 radical (unpaired) electrons. The molecular weight excluding hydrogens is 468 g/mol. The predicted octanol–water partition coefficient (Wildman–Crippen LogP) is 4.88. The lowest BCUT2D eigenvalue weighted by Gasteiger charge is -2.21. The predicted molar refractivity (Wildman–Crippen MR) is 130 cm³/mol. The first-order valence-corrected chi connectivity index (χ1v) is 11.3. The van der Waals surface area contributed by atoms with E-state index in [1.807, 2.05) is 38.1 Å². The Balaban J connectivity index is 1.63. The molecule has 1 N–H and O–H groups in total. The normalized spacial score (nSPS) is 11.9. The highest BCUT2D eigenvalue weighted by Crippen LogP contribution is 2.42. The van der Waals surface area contributed by atoms with E-state index in [0.29, 0.717) is 22.7 Å². The third-order valence-corrected chi connectivity index (χ3v) is 6.11. The van der Waals surface area contributed by atoms with Gasteiger partial charge in [0.1, 0.15) is 18.2 Å². The van der Waals surface area contributed by atoms with E-state index in [1.54, 1.807) is 12.1 Å². The fourth-order valence-electron chi connectivity index (χ4n) is 4.45. The summed E-state index contributed by atoms with van der Waals surface area (Å²) < 4.78 is 42.2. The molecular formula is C27H23F2N3O4. The Morgan fingerprint density at radius 3 is 2.67 bits per heavy atom. The summed E-state index contributed by atoms with van der Waals surface area (Å²) in [5.41, 5.74) is 2.92. The number of hydrogen-bond donors (Lipinski definition) is 1. The summed E-state index contributed by atoms with van der Waals surface area (Å²) in [5.74, 6) is -0.999. The van der Waals surface area contributed by atoms with Gasteiger partial charge in [0, 0.05) is 18.1 Å². The molecule has 9 heteroatoms. The van der Waals surface area contributed by atoms with Crippen LogP contribution >= 0.6 is 0 Å². The monoisotopic (exact) mass is 491 g/mol. The number of halogens is 2. The first-order valence-electron chi connectivity index (χ1n) is 11.3. The molecule has 4 aromatic rings. The van der Waals surface area contributed by atoms with E-state index < -0.39 is 24.1 Å².